The highest BCUT2D eigenvalue weighted by Gasteiger charge is 2.57. The van der Waals surface area contributed by atoms with Gasteiger partial charge in [0.25, 0.3) is 0 Å². The number of carbonyl (C=O) groups excluding carboxylic acids is 2. The van der Waals surface area contributed by atoms with Gasteiger partial charge >= 0.3 is 11.9 Å². The summed E-state index contributed by atoms with van der Waals surface area (Å²) in [6, 6.07) is 0. The number of aliphatic carboxylic acids is 1. The van der Waals surface area contributed by atoms with Crippen LogP contribution in [0.25, 0.3) is 0 Å². The van der Waals surface area contributed by atoms with Crippen molar-refractivity contribution in [2.45, 2.75) is 30.9 Å². The van der Waals surface area contributed by atoms with Gasteiger partial charge in [0.2, 0.25) is 5.91 Å². The Bertz CT molecular complexity index is 405. The van der Waals surface area contributed by atoms with E-state index in [9.17, 15) is 19.5 Å². The Labute approximate surface area is 97.6 Å². The van der Waals surface area contributed by atoms with Crippen molar-refractivity contribution in [1.82, 2.24) is 5.32 Å². The van der Waals surface area contributed by atoms with Crippen LogP contribution in [-0.2, 0) is 19.1 Å². The summed E-state index contributed by atoms with van der Waals surface area (Å²) < 4.78 is 5.04. The highest BCUT2D eigenvalue weighted by Crippen LogP contribution is 2.40. The van der Waals surface area contributed by atoms with Gasteiger partial charge in [0.1, 0.15) is 6.10 Å². The van der Waals surface area contributed by atoms with Crippen LogP contribution in [0.5, 0.6) is 0 Å². The number of nitrogens with one attached hydrogen (secondary N) is 1. The van der Waals surface area contributed by atoms with Gasteiger partial charge < -0.3 is 15.2 Å². The molecule has 2 aliphatic rings. The molecule has 2 bridgehead atoms. The maximum absolute atomic E-state index is 11.4. The van der Waals surface area contributed by atoms with Crippen molar-refractivity contribution in [2.24, 2.45) is 5.92 Å². The number of carbonyl (C=O) groups is 3. The molecule has 1 saturated carbocycles. The molecule has 6 heteroatoms. The zero-order chi connectivity index (χ0) is 12.6. The van der Waals surface area contributed by atoms with E-state index in [4.69, 9.17) is 4.74 Å². The quantitative estimate of drug-likeness (QED) is 0.527. The van der Waals surface area contributed by atoms with Crippen LogP contribution < -0.4 is 5.32 Å². The van der Waals surface area contributed by atoms with Crippen LogP contribution in [0.1, 0.15) is 19.3 Å². The average Bonchev–Trinajstić information content (AvgIpc) is 2.60. The van der Waals surface area contributed by atoms with Crippen molar-refractivity contribution in [1.29, 1.82) is 0 Å². The number of carboxylic acid groups (broad SMARTS) is 1. The largest absolute Gasteiger partial charge is 0.479 e. The number of carboxylic acids is 1. The molecule has 1 aliphatic heterocycles. The molecule has 0 aromatic rings. The van der Waals surface area contributed by atoms with Crippen molar-refractivity contribution in [3.05, 3.63) is 12.7 Å². The fraction of sp³-hybridized carbons (Fsp3) is 0.545. The first kappa shape index (κ1) is 11.6. The Morgan fingerprint density at radius 2 is 2.29 bits per heavy atom. The Morgan fingerprint density at radius 1 is 1.59 bits per heavy atom. The van der Waals surface area contributed by atoms with Crippen molar-refractivity contribution in [3.63, 3.8) is 0 Å². The van der Waals surface area contributed by atoms with Crippen LogP contribution in [0.15, 0.2) is 12.7 Å². The molecule has 0 spiro atoms. The minimum absolute atomic E-state index is 0.197. The molecule has 0 radical (unpaired) electrons. The maximum atomic E-state index is 11.4. The van der Waals surface area contributed by atoms with E-state index in [0.717, 1.165) is 6.08 Å². The Kier molecular flexibility index (Phi) is 2.65. The summed E-state index contributed by atoms with van der Waals surface area (Å²) in [6.45, 7) is 3.28. The zero-order valence-corrected chi connectivity index (χ0v) is 9.14. The van der Waals surface area contributed by atoms with Gasteiger partial charge in [0.15, 0.2) is 5.54 Å². The molecule has 6 nitrogen and oxygen atoms in total. The number of fused-ring (bicyclic) bond motifs is 2. The molecule has 2 rings (SSSR count). The lowest BCUT2D eigenvalue weighted by Crippen LogP contribution is -2.62. The van der Waals surface area contributed by atoms with Gasteiger partial charge in [-0.1, -0.05) is 6.58 Å². The molecular formula is C11H13NO5. The topological polar surface area (TPSA) is 92.7 Å². The number of hydrogen-bond donors (Lipinski definition) is 2. The second kappa shape index (κ2) is 3.87. The third-order valence-corrected chi connectivity index (χ3v) is 3.44. The van der Waals surface area contributed by atoms with E-state index in [2.05, 4.69) is 11.9 Å². The summed E-state index contributed by atoms with van der Waals surface area (Å²) in [5, 5.41) is 11.7. The Hall–Kier alpha value is -1.85. The number of hydrogen-bond acceptors (Lipinski definition) is 4. The molecule has 92 valence electrons. The van der Waals surface area contributed by atoms with Gasteiger partial charge in [0, 0.05) is 6.42 Å². The van der Waals surface area contributed by atoms with E-state index in [1.807, 2.05) is 0 Å². The van der Waals surface area contributed by atoms with E-state index in [-0.39, 0.29) is 18.3 Å². The van der Waals surface area contributed by atoms with Gasteiger partial charge in [0.05, 0.1) is 5.92 Å². The van der Waals surface area contributed by atoms with Gasteiger partial charge in [-0.05, 0) is 18.9 Å². The Morgan fingerprint density at radius 3 is 2.88 bits per heavy atom. The molecular weight excluding hydrogens is 226 g/mol. The van der Waals surface area contributed by atoms with E-state index < -0.39 is 23.5 Å². The number of ether oxygens (including phenoxy) is 1. The standard InChI is InChI=1S/C11H13NO5/c1-2-8(13)12-11(10(15)16)4-3-6-5-7(11)17-9(6)14/h2,6-7H,1,3-5H2,(H,12,13)(H,15,16). The summed E-state index contributed by atoms with van der Waals surface area (Å²) >= 11 is 0. The molecule has 0 aromatic heterocycles. The van der Waals surface area contributed by atoms with Crippen molar-refractivity contribution in [3.8, 4) is 0 Å². The Balaban J connectivity index is 2.29. The van der Waals surface area contributed by atoms with Crippen LogP contribution in [-0.4, -0.2) is 34.6 Å². The number of amides is 1. The van der Waals surface area contributed by atoms with Crippen molar-refractivity contribution in [2.75, 3.05) is 0 Å². The summed E-state index contributed by atoms with van der Waals surface area (Å²) in [5.41, 5.74) is -1.51. The molecule has 0 aromatic carbocycles. The molecule has 1 saturated heterocycles. The normalized spacial score (nSPS) is 34.9. The van der Waals surface area contributed by atoms with Gasteiger partial charge in [-0.3, -0.25) is 9.59 Å². The lowest BCUT2D eigenvalue weighted by atomic mass is 9.76. The second-order valence-corrected chi connectivity index (χ2v) is 4.37. The molecule has 3 unspecified atom stereocenters. The molecule has 17 heavy (non-hydrogen) atoms. The predicted octanol–water partition coefficient (Wildman–Crippen LogP) is -0.163. The number of rotatable bonds is 3. The third kappa shape index (κ3) is 1.69. The van der Waals surface area contributed by atoms with Crippen molar-refractivity contribution < 1.29 is 24.2 Å². The molecule has 1 aliphatic carbocycles. The first-order valence-corrected chi connectivity index (χ1v) is 5.38. The maximum Gasteiger partial charge on any atom is 0.333 e. The van der Waals surface area contributed by atoms with E-state index in [1.165, 1.54) is 0 Å². The van der Waals surface area contributed by atoms with Crippen LogP contribution >= 0.6 is 0 Å². The summed E-state index contributed by atoms with van der Waals surface area (Å²) in [5.74, 6) is -2.35. The first-order chi connectivity index (χ1) is 7.99. The summed E-state index contributed by atoms with van der Waals surface area (Å²) in [7, 11) is 0. The lowest BCUT2D eigenvalue weighted by molar-refractivity contribution is -0.157. The van der Waals surface area contributed by atoms with Crippen LogP contribution in [0.2, 0.25) is 0 Å². The highest BCUT2D eigenvalue weighted by atomic mass is 16.6. The lowest BCUT2D eigenvalue weighted by Gasteiger charge is -2.36. The smallest absolute Gasteiger partial charge is 0.333 e. The number of esters is 1. The van der Waals surface area contributed by atoms with Crippen LogP contribution in [0.4, 0.5) is 0 Å². The molecule has 3 atom stereocenters. The average molecular weight is 239 g/mol. The highest BCUT2D eigenvalue weighted by molar-refractivity contribution is 5.94. The predicted molar refractivity (Wildman–Crippen MR) is 55.9 cm³/mol. The first-order valence-electron chi connectivity index (χ1n) is 5.38. The summed E-state index contributed by atoms with van der Waals surface area (Å²) in [4.78, 5) is 34.1. The van der Waals surface area contributed by atoms with Gasteiger partial charge in [-0.25, -0.2) is 4.79 Å². The fourth-order valence-electron chi connectivity index (χ4n) is 2.45. The van der Waals surface area contributed by atoms with Gasteiger partial charge in [-0.2, -0.15) is 0 Å². The molecule has 2 N–H and O–H groups in total. The molecule has 1 heterocycles. The minimum atomic E-state index is -1.51. The monoisotopic (exact) mass is 239 g/mol. The minimum Gasteiger partial charge on any atom is -0.479 e. The van der Waals surface area contributed by atoms with Crippen molar-refractivity contribution >= 4 is 17.8 Å². The zero-order valence-electron chi connectivity index (χ0n) is 9.14. The second-order valence-electron chi connectivity index (χ2n) is 4.37. The van der Waals surface area contributed by atoms with Gasteiger partial charge in [-0.15, -0.1) is 0 Å². The van der Waals surface area contributed by atoms with Crippen LogP contribution in [0.3, 0.4) is 0 Å². The van der Waals surface area contributed by atoms with E-state index in [1.54, 1.807) is 0 Å². The van der Waals surface area contributed by atoms with E-state index in [0.29, 0.717) is 12.8 Å². The van der Waals surface area contributed by atoms with Crippen LogP contribution in [0, 0.1) is 5.92 Å². The molecule has 1 amide bonds. The SMILES string of the molecule is C=CC(=O)NC1(C(=O)O)CCC2CC1OC2=O. The molecule has 2 fully saturated rings. The third-order valence-electron chi connectivity index (χ3n) is 3.44. The van der Waals surface area contributed by atoms with E-state index >= 15 is 0 Å². The fourth-order valence-corrected chi connectivity index (χ4v) is 2.45. The summed E-state index contributed by atoms with van der Waals surface area (Å²) in [6.07, 6.45) is 1.19.